The average molecular weight is 1140 g/mol. The van der Waals surface area contributed by atoms with Crippen LogP contribution < -0.4 is 31.9 Å². The highest BCUT2D eigenvalue weighted by Gasteiger charge is 2.36. The first kappa shape index (κ1) is 83.0. The summed E-state index contributed by atoms with van der Waals surface area (Å²) in [5, 5.41) is 19.2. The minimum Gasteiger partial charge on any atom is -0.366 e. The van der Waals surface area contributed by atoms with Crippen LogP contribution >= 0.6 is 12.2 Å². The zero-order chi connectivity index (χ0) is 63.7. The molecule has 4 atom stereocenters. The quantitative estimate of drug-likeness (QED) is 0.0210. The zero-order valence-corrected chi connectivity index (χ0v) is 58.6. The highest BCUT2D eigenvalue weighted by molar-refractivity contribution is 7.80. The van der Waals surface area contributed by atoms with Crippen molar-refractivity contribution in [3.63, 3.8) is 0 Å². The van der Waals surface area contributed by atoms with Gasteiger partial charge in [-0.2, -0.15) is 0 Å². The molecule has 0 radical (unpaired) electrons. The fourth-order valence-corrected chi connectivity index (χ4v) is 8.49. The van der Waals surface area contributed by atoms with Gasteiger partial charge in [0.05, 0.1) is 36.7 Å². The SMILES string of the molecule is CC(C)C[C@@H](C(=O)C(C)(C)C)C(=S)NCNC(C)(C)C.CC(C)C[C@H](C(=O)NCNC(C)(C)C)C(=O)C(C)(C)C.CC(C)C[C@H](CC(=O)CNC(C)(C)C)C(=O)C(C)(C)C.CC(C)C[C@H](CCCNC(C)(C)C)C(=O)C(C)(C)C. The maximum atomic E-state index is 12.6. The highest BCUT2D eigenvalue weighted by Crippen LogP contribution is 2.30. The fourth-order valence-electron chi connectivity index (χ4n) is 8.22. The lowest BCUT2D eigenvalue weighted by Crippen LogP contribution is -2.47. The molecule has 468 valence electrons. The Balaban J connectivity index is -0.000000475. The molecule has 0 unspecified atom stereocenters. The molecule has 0 aliphatic rings. The Bertz CT molecular complexity index is 1730. The molecule has 0 rings (SSSR count). The Morgan fingerprint density at radius 1 is 0.380 bits per heavy atom. The topological polar surface area (TPSA) is 175 Å². The number of ketones is 5. The first-order valence-electron chi connectivity index (χ1n) is 30.2. The van der Waals surface area contributed by atoms with Crippen LogP contribution in [0.5, 0.6) is 0 Å². The number of carbonyl (C=O) groups is 6. The summed E-state index contributed by atoms with van der Waals surface area (Å²) in [6, 6.07) is 0. The van der Waals surface area contributed by atoms with Gasteiger partial charge in [-0.15, -0.1) is 0 Å². The van der Waals surface area contributed by atoms with Crippen LogP contribution in [0.4, 0.5) is 0 Å². The summed E-state index contributed by atoms with van der Waals surface area (Å²) in [6.45, 7) is 67.6. The number of carbonyl (C=O) groups excluding carboxylic acids is 6. The third-order valence-corrected chi connectivity index (χ3v) is 12.8. The zero-order valence-electron chi connectivity index (χ0n) is 57.8. The molecule has 0 aromatic rings. The molecular formula is C66H132N6O6S. The van der Waals surface area contributed by atoms with Crippen molar-refractivity contribution in [2.75, 3.05) is 26.4 Å². The van der Waals surface area contributed by atoms with Gasteiger partial charge in [0.15, 0.2) is 5.78 Å². The van der Waals surface area contributed by atoms with Crippen molar-refractivity contribution < 1.29 is 28.8 Å². The van der Waals surface area contributed by atoms with E-state index in [0.29, 0.717) is 67.2 Å². The molecule has 0 spiro atoms. The van der Waals surface area contributed by atoms with Crippen molar-refractivity contribution >= 4 is 52.0 Å². The second-order valence-corrected chi connectivity index (χ2v) is 32.9. The number of Topliss-reactive ketones (excluding diaryl/α,β-unsaturated/α-hetero) is 5. The molecule has 0 bridgehead atoms. The monoisotopic (exact) mass is 1140 g/mol. The summed E-state index contributed by atoms with van der Waals surface area (Å²) in [5.41, 5.74) is -1.37. The Morgan fingerprint density at radius 3 is 1.04 bits per heavy atom. The van der Waals surface area contributed by atoms with E-state index in [2.05, 4.69) is 115 Å². The molecule has 0 saturated carbocycles. The van der Waals surface area contributed by atoms with Gasteiger partial charge in [-0.05, 0) is 152 Å². The largest absolute Gasteiger partial charge is 0.366 e. The van der Waals surface area contributed by atoms with E-state index in [1.54, 1.807) is 0 Å². The van der Waals surface area contributed by atoms with Crippen molar-refractivity contribution in [3.8, 4) is 0 Å². The predicted octanol–water partition coefficient (Wildman–Crippen LogP) is 14.3. The van der Waals surface area contributed by atoms with Crippen molar-refractivity contribution in [2.45, 2.75) is 289 Å². The molecule has 0 fully saturated rings. The molecule has 0 aromatic heterocycles. The van der Waals surface area contributed by atoms with Crippen LogP contribution in [0.25, 0.3) is 0 Å². The summed E-state index contributed by atoms with van der Waals surface area (Å²) >= 11 is 5.46. The maximum Gasteiger partial charge on any atom is 0.231 e. The van der Waals surface area contributed by atoms with Gasteiger partial charge in [0, 0.05) is 62.1 Å². The molecule has 0 aliphatic carbocycles. The Kier molecular flexibility index (Phi) is 38.1. The predicted molar refractivity (Wildman–Crippen MR) is 343 cm³/mol. The number of amides is 1. The van der Waals surface area contributed by atoms with Crippen LogP contribution in [-0.2, 0) is 28.8 Å². The number of hydrogen-bond acceptors (Lipinski definition) is 11. The summed E-state index contributed by atoms with van der Waals surface area (Å²) in [7, 11) is 0. The second-order valence-electron chi connectivity index (χ2n) is 32.4. The van der Waals surface area contributed by atoms with E-state index in [4.69, 9.17) is 12.2 Å². The smallest absolute Gasteiger partial charge is 0.231 e. The first-order valence-corrected chi connectivity index (χ1v) is 30.6. The second kappa shape index (κ2) is 36.3. The van der Waals surface area contributed by atoms with Crippen LogP contribution in [0, 0.1) is 69.0 Å². The number of rotatable bonds is 26. The first-order chi connectivity index (χ1) is 34.9. The van der Waals surface area contributed by atoms with E-state index in [1.807, 2.05) is 138 Å². The van der Waals surface area contributed by atoms with Gasteiger partial charge in [0.2, 0.25) is 5.91 Å². The molecule has 0 aromatic carbocycles. The van der Waals surface area contributed by atoms with Crippen LogP contribution in [0.2, 0.25) is 0 Å². The van der Waals surface area contributed by atoms with Crippen LogP contribution in [0.3, 0.4) is 0 Å². The minimum atomic E-state index is -0.559. The normalized spacial score (nSPS) is 14.4. The summed E-state index contributed by atoms with van der Waals surface area (Å²) in [5.74, 6) is 1.93. The summed E-state index contributed by atoms with van der Waals surface area (Å²) < 4.78 is 0. The number of thiocarbonyl (C=S) groups is 1. The molecule has 0 heterocycles. The van der Waals surface area contributed by atoms with Gasteiger partial charge in [-0.3, -0.25) is 39.4 Å². The lowest BCUT2D eigenvalue weighted by molar-refractivity contribution is -0.139. The van der Waals surface area contributed by atoms with Crippen molar-refractivity contribution in [1.82, 2.24) is 31.9 Å². The lowest BCUT2D eigenvalue weighted by Gasteiger charge is -2.28. The van der Waals surface area contributed by atoms with E-state index in [9.17, 15) is 28.8 Å². The van der Waals surface area contributed by atoms with Crippen molar-refractivity contribution in [2.24, 2.45) is 69.0 Å². The number of nitrogens with one attached hydrogen (secondary N) is 6. The third-order valence-electron chi connectivity index (χ3n) is 12.3. The molecular weight excluding hydrogens is 1000 g/mol. The van der Waals surface area contributed by atoms with E-state index in [1.165, 1.54) is 0 Å². The Labute approximate surface area is 494 Å². The molecule has 1 amide bonds. The minimum absolute atomic E-state index is 0.0134. The van der Waals surface area contributed by atoms with Gasteiger partial charge in [-0.1, -0.05) is 151 Å². The maximum absolute atomic E-state index is 12.6. The molecule has 13 heteroatoms. The fraction of sp³-hybridized carbons (Fsp3) is 0.894. The van der Waals surface area contributed by atoms with E-state index in [0.717, 1.165) is 38.6 Å². The van der Waals surface area contributed by atoms with Gasteiger partial charge < -0.3 is 21.3 Å². The van der Waals surface area contributed by atoms with E-state index < -0.39 is 11.3 Å². The summed E-state index contributed by atoms with van der Waals surface area (Å²) in [4.78, 5) is 75.0. The van der Waals surface area contributed by atoms with Crippen molar-refractivity contribution in [3.05, 3.63) is 0 Å². The van der Waals surface area contributed by atoms with E-state index in [-0.39, 0.29) is 85.2 Å². The molecule has 6 N–H and O–H groups in total. The Hall–Kier alpha value is -2.45. The van der Waals surface area contributed by atoms with E-state index >= 15 is 0 Å². The molecule has 79 heavy (non-hydrogen) atoms. The molecule has 0 saturated heterocycles. The average Bonchev–Trinajstić information content (AvgIpc) is 3.21. The Morgan fingerprint density at radius 2 is 0.696 bits per heavy atom. The standard InChI is InChI=1S/C17H33NO2.C17H35NO.C16H32N2O2.C16H32N2OS/c1-12(2)9-13(15(20)16(3,4)5)10-14(19)11-18-17(6,7)8;1-13(2)12-14(15(19)16(3,4)5)10-9-11-18-17(6,7)8;2*1-11(2)9-12(13(19)15(3,4)5)14(20)17-10-18-16(6,7)8/h12-13,18H,9-11H2,1-8H3;13-14,18H,9-12H2,1-8H3;2*11-12,18H,9-10H2,1-8H3,(H,17,20)/t13-;14-;2*12-/m1000/s1. The number of hydrogen-bond donors (Lipinski definition) is 6. The van der Waals surface area contributed by atoms with Crippen LogP contribution in [-0.4, -0.2) is 88.4 Å². The van der Waals surface area contributed by atoms with Crippen LogP contribution in [0.1, 0.15) is 267 Å². The van der Waals surface area contributed by atoms with Gasteiger partial charge in [0.25, 0.3) is 0 Å². The molecule has 12 nitrogen and oxygen atoms in total. The molecule has 0 aliphatic heterocycles. The lowest BCUT2D eigenvalue weighted by atomic mass is 9.77. The highest BCUT2D eigenvalue weighted by atomic mass is 32.1. The van der Waals surface area contributed by atoms with Gasteiger partial charge >= 0.3 is 0 Å². The third kappa shape index (κ3) is 46.7. The van der Waals surface area contributed by atoms with Crippen molar-refractivity contribution in [1.29, 1.82) is 0 Å². The van der Waals surface area contributed by atoms with Crippen LogP contribution in [0.15, 0.2) is 0 Å². The van der Waals surface area contributed by atoms with Gasteiger partial charge in [0.1, 0.15) is 23.1 Å². The van der Waals surface area contributed by atoms with Gasteiger partial charge in [-0.25, -0.2) is 0 Å². The summed E-state index contributed by atoms with van der Waals surface area (Å²) in [6.07, 6.45) is 5.66.